The summed E-state index contributed by atoms with van der Waals surface area (Å²) >= 11 is 1.31. The first-order valence-corrected chi connectivity index (χ1v) is 8.48. The topological polar surface area (TPSA) is 54.4 Å². The summed E-state index contributed by atoms with van der Waals surface area (Å²) in [5, 5.41) is 1.33. The number of fused-ring (bicyclic) bond motifs is 1. The Balaban J connectivity index is 0.000000606. The van der Waals surface area contributed by atoms with Crippen molar-refractivity contribution in [2.45, 2.75) is 9.07 Å². The molecule has 0 aromatic heterocycles. The van der Waals surface area contributed by atoms with Crippen LogP contribution in [0.1, 0.15) is 0 Å². The van der Waals surface area contributed by atoms with Gasteiger partial charge in [0.25, 0.3) is 10.1 Å². The van der Waals surface area contributed by atoms with Crippen LogP contribution in [0.5, 0.6) is 0 Å². The van der Waals surface area contributed by atoms with Gasteiger partial charge < -0.3 is 0 Å². The molecule has 0 atom stereocenters. The molecule has 0 amide bonds. The normalized spacial score (nSPS) is 10.8. The van der Waals surface area contributed by atoms with Crippen molar-refractivity contribution in [3.05, 3.63) is 42.5 Å². The van der Waals surface area contributed by atoms with E-state index in [1.165, 1.54) is 34.0 Å². The molecular formula is C11H11NaO3S. The molecule has 0 heterocycles. The zero-order chi connectivity index (χ0) is 12.2. The first-order valence-electron chi connectivity index (χ1n) is 5.04. The van der Waals surface area contributed by atoms with Gasteiger partial charge in [-0.25, -0.2) is 0 Å². The molecular weight excluding hydrogens is 235 g/mol. The van der Waals surface area contributed by atoms with Crippen LogP contribution in [0.3, 0.4) is 0 Å². The quantitative estimate of drug-likeness (QED) is 0.620. The average Bonchev–Trinajstić information content (AvgIpc) is 2.30. The summed E-state index contributed by atoms with van der Waals surface area (Å²) in [7, 11) is -4.13. The Morgan fingerprint density at radius 1 is 1.00 bits per heavy atom. The molecule has 80 valence electrons. The van der Waals surface area contributed by atoms with Crippen molar-refractivity contribution in [3.8, 4) is 0 Å². The monoisotopic (exact) mass is 246 g/mol. The maximum absolute atomic E-state index is 11.0. The maximum atomic E-state index is 11.0. The molecule has 16 heavy (non-hydrogen) atoms. The predicted molar refractivity (Wildman–Crippen MR) is 65.4 cm³/mol. The van der Waals surface area contributed by atoms with Crippen LogP contribution in [-0.2, 0) is 10.1 Å². The molecule has 0 saturated carbocycles. The zero-order valence-electron chi connectivity index (χ0n) is 9.21. The minimum absolute atomic E-state index is 0.0457. The Hall–Kier alpha value is -0.390. The van der Waals surface area contributed by atoms with Crippen molar-refractivity contribution >= 4 is 48.8 Å². The van der Waals surface area contributed by atoms with Crippen molar-refractivity contribution in [2.24, 2.45) is 0 Å². The van der Waals surface area contributed by atoms with E-state index in [0.717, 1.165) is 5.39 Å². The van der Waals surface area contributed by atoms with Gasteiger partial charge in [0.1, 0.15) is 4.90 Å². The summed E-state index contributed by atoms with van der Waals surface area (Å²) in [5.41, 5.74) is 0. The SMILES string of the molecule is O=S(=O)(O)c1cccc2ccccc12.[CH3][Na]. The molecule has 3 nitrogen and oxygen atoms in total. The second-order valence-electron chi connectivity index (χ2n) is 2.95. The molecule has 0 bridgehead atoms. The summed E-state index contributed by atoms with van der Waals surface area (Å²) in [5.74, 6) is 0. The summed E-state index contributed by atoms with van der Waals surface area (Å²) in [4.78, 5) is -0.0457. The van der Waals surface area contributed by atoms with Gasteiger partial charge in [0.05, 0.1) is 0 Å². The molecule has 2 aromatic rings. The molecule has 5 heteroatoms. The first kappa shape index (κ1) is 13.7. The second-order valence-corrected chi connectivity index (χ2v) is 4.34. The van der Waals surface area contributed by atoms with E-state index in [9.17, 15) is 8.42 Å². The molecule has 0 aliphatic carbocycles. The molecule has 0 radical (unpaired) electrons. The fraction of sp³-hybridized carbons (Fsp3) is 0.0909. The van der Waals surface area contributed by atoms with Gasteiger partial charge in [-0.3, -0.25) is 4.55 Å². The van der Waals surface area contributed by atoms with E-state index in [1.807, 2.05) is 6.07 Å². The van der Waals surface area contributed by atoms with Gasteiger partial charge >= 0.3 is 32.1 Å². The van der Waals surface area contributed by atoms with Gasteiger partial charge in [-0.05, 0) is 11.5 Å². The van der Waals surface area contributed by atoms with E-state index in [1.54, 1.807) is 30.3 Å². The van der Waals surface area contributed by atoms with E-state index in [4.69, 9.17) is 4.55 Å². The Kier molecular flexibility index (Phi) is 4.95. The third kappa shape index (κ3) is 3.06. The van der Waals surface area contributed by atoms with E-state index in [0.29, 0.717) is 5.39 Å². The van der Waals surface area contributed by atoms with Crippen LogP contribution < -0.4 is 0 Å². The number of hydrogen-bond acceptors (Lipinski definition) is 2. The van der Waals surface area contributed by atoms with Crippen LogP contribution in [0.15, 0.2) is 47.4 Å². The molecule has 2 aromatic carbocycles. The number of hydrogen-bond donors (Lipinski definition) is 1. The van der Waals surface area contributed by atoms with Gasteiger partial charge in [-0.15, -0.1) is 0 Å². The van der Waals surface area contributed by atoms with Gasteiger partial charge in [0.15, 0.2) is 0 Å². The Labute approximate surface area is 113 Å². The molecule has 0 unspecified atom stereocenters. The van der Waals surface area contributed by atoms with Crippen LogP contribution in [0.25, 0.3) is 10.8 Å². The van der Waals surface area contributed by atoms with Gasteiger partial charge in [0.2, 0.25) is 0 Å². The molecule has 0 spiro atoms. The first-order chi connectivity index (χ1) is 7.59. The van der Waals surface area contributed by atoms with Crippen LogP contribution in [-0.4, -0.2) is 40.9 Å². The summed E-state index contributed by atoms with van der Waals surface area (Å²) in [6.45, 7) is 0. The summed E-state index contributed by atoms with van der Waals surface area (Å²) in [6, 6.07) is 11.8. The summed E-state index contributed by atoms with van der Waals surface area (Å²) in [6.07, 6.45) is 0. The van der Waals surface area contributed by atoms with E-state index in [2.05, 4.69) is 4.17 Å². The van der Waals surface area contributed by atoms with Crippen molar-refractivity contribution < 1.29 is 13.0 Å². The number of rotatable bonds is 1. The molecule has 1 N–H and O–H groups in total. The van der Waals surface area contributed by atoms with Crippen molar-refractivity contribution in [1.29, 1.82) is 0 Å². The van der Waals surface area contributed by atoms with Crippen molar-refractivity contribution in [3.63, 3.8) is 0 Å². The van der Waals surface area contributed by atoms with Crippen LogP contribution in [0, 0.1) is 0 Å². The molecule has 0 aliphatic rings. The van der Waals surface area contributed by atoms with Crippen LogP contribution in [0.2, 0.25) is 4.17 Å². The standard InChI is InChI=1S/C10H8O3S.CH3.Na/c11-14(12,13)10-7-3-5-8-4-1-2-6-9(8)10;;/h1-7H,(H,11,12,13);1H3;. The van der Waals surface area contributed by atoms with Crippen LogP contribution >= 0.6 is 0 Å². The van der Waals surface area contributed by atoms with Gasteiger partial charge in [0, 0.05) is 5.39 Å². The fourth-order valence-corrected chi connectivity index (χ4v) is 2.13. The Morgan fingerprint density at radius 3 is 2.19 bits per heavy atom. The van der Waals surface area contributed by atoms with E-state index >= 15 is 0 Å². The predicted octanol–water partition coefficient (Wildman–Crippen LogP) is 2.29. The van der Waals surface area contributed by atoms with E-state index < -0.39 is 10.1 Å². The third-order valence-corrected chi connectivity index (χ3v) is 2.94. The minimum atomic E-state index is -4.13. The summed E-state index contributed by atoms with van der Waals surface area (Å²) < 4.78 is 33.1. The second kappa shape index (κ2) is 5.80. The molecule has 2 rings (SSSR count). The fourth-order valence-electron chi connectivity index (χ4n) is 1.42. The zero-order valence-corrected chi connectivity index (χ0v) is 12.0. The molecule has 0 fully saturated rings. The number of benzene rings is 2. The van der Waals surface area contributed by atoms with Crippen molar-refractivity contribution in [2.75, 3.05) is 0 Å². The Morgan fingerprint density at radius 2 is 1.56 bits per heavy atom. The Bertz CT molecular complexity index is 573. The molecule has 0 saturated heterocycles. The third-order valence-electron chi connectivity index (χ3n) is 2.03. The van der Waals surface area contributed by atoms with E-state index in [-0.39, 0.29) is 4.90 Å². The average molecular weight is 246 g/mol. The van der Waals surface area contributed by atoms with Crippen molar-refractivity contribution in [1.82, 2.24) is 0 Å². The van der Waals surface area contributed by atoms with Gasteiger partial charge in [-0.2, -0.15) is 8.42 Å². The van der Waals surface area contributed by atoms with Crippen LogP contribution in [0.4, 0.5) is 0 Å². The van der Waals surface area contributed by atoms with Gasteiger partial charge in [-0.1, -0.05) is 36.4 Å². The molecule has 0 aliphatic heterocycles.